The molecule has 3 N–H and O–H groups in total. The van der Waals surface area contributed by atoms with E-state index in [1.165, 1.54) is 12.1 Å². The van der Waals surface area contributed by atoms with Crippen molar-refractivity contribution in [2.45, 2.75) is 37.9 Å². The minimum atomic E-state index is -4.68. The molecule has 0 aliphatic heterocycles. The van der Waals surface area contributed by atoms with Crippen LogP contribution in [0.5, 0.6) is 0 Å². The zero-order valence-electron chi connectivity index (χ0n) is 10.3. The molecule has 1 aromatic carbocycles. The molecule has 1 saturated carbocycles. The first-order chi connectivity index (χ1) is 8.93. The summed E-state index contributed by atoms with van der Waals surface area (Å²) in [6, 6.07) is 2.74. The zero-order valence-corrected chi connectivity index (χ0v) is 10.3. The third-order valence-electron chi connectivity index (χ3n) is 3.70. The van der Waals surface area contributed by atoms with Crippen molar-refractivity contribution in [3.8, 4) is 0 Å². The Kier molecular flexibility index (Phi) is 4.10. The maximum Gasteiger partial charge on any atom is 0.419 e. The number of halogens is 4. The fraction of sp³-hybridized carbons (Fsp3) is 0.538. The SMILES string of the molecule is NNC(CC1CCC1)c1cccc(C(F)(F)F)c1F. The summed E-state index contributed by atoms with van der Waals surface area (Å²) < 4.78 is 51.9. The highest BCUT2D eigenvalue weighted by Crippen LogP contribution is 2.38. The molecule has 1 aromatic rings. The predicted molar refractivity (Wildman–Crippen MR) is 63.4 cm³/mol. The second-order valence-electron chi connectivity index (χ2n) is 4.96. The van der Waals surface area contributed by atoms with Crippen LogP contribution in [0, 0.1) is 11.7 Å². The maximum absolute atomic E-state index is 14.0. The fourth-order valence-electron chi connectivity index (χ4n) is 2.38. The second-order valence-corrected chi connectivity index (χ2v) is 4.96. The highest BCUT2D eigenvalue weighted by Gasteiger charge is 2.36. The van der Waals surface area contributed by atoms with Crippen molar-refractivity contribution in [3.05, 3.63) is 35.1 Å². The summed E-state index contributed by atoms with van der Waals surface area (Å²) >= 11 is 0. The first-order valence-corrected chi connectivity index (χ1v) is 6.25. The molecule has 2 nitrogen and oxygen atoms in total. The van der Waals surface area contributed by atoms with Gasteiger partial charge in [0.15, 0.2) is 0 Å². The molecule has 1 fully saturated rings. The number of hydrogen-bond acceptors (Lipinski definition) is 2. The van der Waals surface area contributed by atoms with Crippen LogP contribution >= 0.6 is 0 Å². The van der Waals surface area contributed by atoms with Gasteiger partial charge in [0.2, 0.25) is 0 Å². The molecule has 0 heterocycles. The molecular weight excluding hydrogens is 260 g/mol. The van der Waals surface area contributed by atoms with Crippen molar-refractivity contribution in [2.24, 2.45) is 11.8 Å². The van der Waals surface area contributed by atoms with E-state index in [1.54, 1.807) is 0 Å². The molecule has 6 heteroatoms. The fourth-order valence-corrected chi connectivity index (χ4v) is 2.38. The Labute approximate surface area is 109 Å². The first kappa shape index (κ1) is 14.3. The molecule has 0 saturated heterocycles. The molecule has 0 radical (unpaired) electrons. The predicted octanol–water partition coefficient (Wildman–Crippen LogP) is 3.54. The Morgan fingerprint density at radius 3 is 2.47 bits per heavy atom. The minimum Gasteiger partial charge on any atom is -0.271 e. The van der Waals surface area contributed by atoms with Crippen LogP contribution in [0.25, 0.3) is 0 Å². The summed E-state index contributed by atoms with van der Waals surface area (Å²) in [6.07, 6.45) is -0.949. The minimum absolute atomic E-state index is 0.00998. The monoisotopic (exact) mass is 276 g/mol. The van der Waals surface area contributed by atoms with Gasteiger partial charge in [0.05, 0.1) is 5.56 Å². The Hall–Kier alpha value is -1.14. The van der Waals surface area contributed by atoms with Gasteiger partial charge in [-0.15, -0.1) is 0 Å². The number of nitrogens with one attached hydrogen (secondary N) is 1. The molecule has 106 valence electrons. The van der Waals surface area contributed by atoms with E-state index in [0.717, 1.165) is 25.3 Å². The summed E-state index contributed by atoms with van der Waals surface area (Å²) in [7, 11) is 0. The van der Waals surface area contributed by atoms with E-state index in [2.05, 4.69) is 5.43 Å². The van der Waals surface area contributed by atoms with Crippen LogP contribution in [0.15, 0.2) is 18.2 Å². The van der Waals surface area contributed by atoms with Gasteiger partial charge in [0.25, 0.3) is 0 Å². The number of hydrazine groups is 1. The van der Waals surface area contributed by atoms with E-state index >= 15 is 0 Å². The number of alkyl halides is 3. The van der Waals surface area contributed by atoms with Gasteiger partial charge in [-0.2, -0.15) is 13.2 Å². The number of rotatable bonds is 4. The van der Waals surface area contributed by atoms with Crippen LogP contribution in [-0.4, -0.2) is 0 Å². The van der Waals surface area contributed by atoms with Gasteiger partial charge in [-0.1, -0.05) is 31.4 Å². The van der Waals surface area contributed by atoms with Gasteiger partial charge in [-0.25, -0.2) is 4.39 Å². The zero-order chi connectivity index (χ0) is 14.0. The standard InChI is InChI=1S/C13H16F4N2/c14-12-9(5-2-6-10(12)13(15,16)17)11(19-18)7-8-3-1-4-8/h2,5-6,8,11,19H,1,3-4,7,18H2. The lowest BCUT2D eigenvalue weighted by Gasteiger charge is -2.30. The van der Waals surface area contributed by atoms with Gasteiger partial charge in [-0.3, -0.25) is 11.3 Å². The molecule has 0 spiro atoms. The Bertz CT molecular complexity index is 441. The van der Waals surface area contributed by atoms with Gasteiger partial charge in [-0.05, 0) is 18.4 Å². The van der Waals surface area contributed by atoms with Crippen molar-refractivity contribution < 1.29 is 17.6 Å². The average molecular weight is 276 g/mol. The molecular formula is C13H16F4N2. The molecule has 1 atom stereocenters. The Morgan fingerprint density at radius 1 is 1.32 bits per heavy atom. The van der Waals surface area contributed by atoms with Gasteiger partial charge in [0, 0.05) is 11.6 Å². The van der Waals surface area contributed by atoms with Crippen LogP contribution < -0.4 is 11.3 Å². The quantitative estimate of drug-likeness (QED) is 0.501. The Morgan fingerprint density at radius 2 is 2.00 bits per heavy atom. The Balaban J connectivity index is 2.26. The van der Waals surface area contributed by atoms with E-state index in [-0.39, 0.29) is 5.56 Å². The molecule has 2 rings (SSSR count). The van der Waals surface area contributed by atoms with E-state index in [4.69, 9.17) is 5.84 Å². The molecule has 1 unspecified atom stereocenters. The van der Waals surface area contributed by atoms with Crippen molar-refractivity contribution in [1.82, 2.24) is 5.43 Å². The summed E-state index contributed by atoms with van der Waals surface area (Å²) in [6.45, 7) is 0. The van der Waals surface area contributed by atoms with Crippen LogP contribution in [0.1, 0.15) is 42.9 Å². The van der Waals surface area contributed by atoms with Crippen LogP contribution in [-0.2, 0) is 6.18 Å². The molecule has 0 aromatic heterocycles. The molecule has 0 amide bonds. The van der Waals surface area contributed by atoms with E-state index in [1.807, 2.05) is 0 Å². The van der Waals surface area contributed by atoms with Crippen molar-refractivity contribution in [3.63, 3.8) is 0 Å². The van der Waals surface area contributed by atoms with Crippen molar-refractivity contribution in [1.29, 1.82) is 0 Å². The lowest BCUT2D eigenvalue weighted by molar-refractivity contribution is -0.140. The first-order valence-electron chi connectivity index (χ1n) is 6.25. The lowest BCUT2D eigenvalue weighted by atomic mass is 9.79. The van der Waals surface area contributed by atoms with E-state index in [0.29, 0.717) is 12.3 Å². The molecule has 1 aliphatic carbocycles. The molecule has 1 aliphatic rings. The van der Waals surface area contributed by atoms with E-state index < -0.39 is 23.6 Å². The van der Waals surface area contributed by atoms with Crippen molar-refractivity contribution in [2.75, 3.05) is 0 Å². The van der Waals surface area contributed by atoms with Crippen LogP contribution in [0.3, 0.4) is 0 Å². The molecule has 0 bridgehead atoms. The normalized spacial score (nSPS) is 18.2. The summed E-state index contributed by atoms with van der Waals surface area (Å²) in [5.74, 6) is 4.55. The van der Waals surface area contributed by atoms with Crippen LogP contribution in [0.2, 0.25) is 0 Å². The number of benzene rings is 1. The van der Waals surface area contributed by atoms with Gasteiger partial charge >= 0.3 is 6.18 Å². The second kappa shape index (κ2) is 5.46. The lowest BCUT2D eigenvalue weighted by Crippen LogP contribution is -2.32. The van der Waals surface area contributed by atoms with Crippen molar-refractivity contribution >= 4 is 0 Å². The summed E-state index contributed by atoms with van der Waals surface area (Å²) in [5.41, 5.74) is 1.18. The van der Waals surface area contributed by atoms with E-state index in [9.17, 15) is 17.6 Å². The highest BCUT2D eigenvalue weighted by atomic mass is 19.4. The third kappa shape index (κ3) is 3.06. The number of nitrogens with two attached hydrogens (primary N) is 1. The smallest absolute Gasteiger partial charge is 0.271 e. The van der Waals surface area contributed by atoms with Crippen LogP contribution in [0.4, 0.5) is 17.6 Å². The summed E-state index contributed by atoms with van der Waals surface area (Å²) in [4.78, 5) is 0. The average Bonchev–Trinajstić information content (AvgIpc) is 2.28. The van der Waals surface area contributed by atoms with Gasteiger partial charge < -0.3 is 0 Å². The highest BCUT2D eigenvalue weighted by molar-refractivity contribution is 5.30. The van der Waals surface area contributed by atoms with Gasteiger partial charge in [0.1, 0.15) is 5.82 Å². The molecule has 19 heavy (non-hydrogen) atoms. The third-order valence-corrected chi connectivity index (χ3v) is 3.70. The number of hydrogen-bond donors (Lipinski definition) is 2. The topological polar surface area (TPSA) is 38.0 Å². The largest absolute Gasteiger partial charge is 0.419 e. The summed E-state index contributed by atoms with van der Waals surface area (Å²) in [5, 5.41) is 0. The maximum atomic E-state index is 14.0.